The van der Waals surface area contributed by atoms with E-state index in [0.29, 0.717) is 12.5 Å². The lowest BCUT2D eigenvalue weighted by molar-refractivity contribution is 0.201. The summed E-state index contributed by atoms with van der Waals surface area (Å²) < 4.78 is 5.91. The number of para-hydroxylation sites is 1. The van der Waals surface area contributed by atoms with E-state index < -0.39 is 5.54 Å². The number of ether oxygens (including phenoxy) is 1. The van der Waals surface area contributed by atoms with Crippen molar-refractivity contribution in [1.82, 2.24) is 5.32 Å². The number of hydrogen-bond donors (Lipinski definition) is 1. The van der Waals surface area contributed by atoms with Crippen LogP contribution >= 0.6 is 0 Å². The molecule has 0 amide bonds. The second-order valence-corrected chi connectivity index (χ2v) is 5.34. The summed E-state index contributed by atoms with van der Waals surface area (Å²) in [4.78, 5) is 0. The van der Waals surface area contributed by atoms with Crippen LogP contribution in [0.2, 0.25) is 0 Å². The van der Waals surface area contributed by atoms with Gasteiger partial charge in [0.15, 0.2) is 0 Å². The van der Waals surface area contributed by atoms with Gasteiger partial charge in [-0.3, -0.25) is 5.32 Å². The van der Waals surface area contributed by atoms with Gasteiger partial charge < -0.3 is 4.74 Å². The van der Waals surface area contributed by atoms with Gasteiger partial charge in [-0.15, -0.1) is 0 Å². The van der Waals surface area contributed by atoms with Crippen LogP contribution in [0.1, 0.15) is 31.7 Å². The molecular weight excluding hydrogens is 236 g/mol. The molecule has 1 N–H and O–H groups in total. The van der Waals surface area contributed by atoms with Crippen molar-refractivity contribution in [2.24, 2.45) is 5.92 Å². The van der Waals surface area contributed by atoms with Gasteiger partial charge >= 0.3 is 0 Å². The first-order chi connectivity index (χ1) is 9.22. The molecule has 3 nitrogen and oxygen atoms in total. The Bertz CT molecular complexity index is 462. The molecule has 1 fully saturated rings. The minimum Gasteiger partial charge on any atom is -0.490 e. The second-order valence-electron chi connectivity index (χ2n) is 5.34. The van der Waals surface area contributed by atoms with E-state index in [1.54, 1.807) is 0 Å². The zero-order chi connectivity index (χ0) is 13.7. The molecule has 0 bridgehead atoms. The molecule has 1 aliphatic rings. The van der Waals surface area contributed by atoms with Crippen LogP contribution in [0.15, 0.2) is 24.3 Å². The second kappa shape index (κ2) is 6.08. The van der Waals surface area contributed by atoms with Gasteiger partial charge in [-0.05, 0) is 50.3 Å². The topological polar surface area (TPSA) is 45.0 Å². The van der Waals surface area contributed by atoms with E-state index in [-0.39, 0.29) is 0 Å². The first-order valence-electron chi connectivity index (χ1n) is 7.06. The molecular formula is C16H22N2O. The normalized spacial score (nSPS) is 17.5. The van der Waals surface area contributed by atoms with Gasteiger partial charge in [0.25, 0.3) is 0 Å². The molecule has 0 saturated heterocycles. The van der Waals surface area contributed by atoms with Crippen molar-refractivity contribution in [3.63, 3.8) is 0 Å². The average Bonchev–Trinajstić information content (AvgIpc) is 3.26. The van der Waals surface area contributed by atoms with Crippen molar-refractivity contribution >= 4 is 0 Å². The molecule has 1 saturated carbocycles. The van der Waals surface area contributed by atoms with E-state index in [9.17, 15) is 5.26 Å². The molecule has 0 aromatic heterocycles. The Morgan fingerprint density at radius 2 is 2.16 bits per heavy atom. The third-order valence-electron chi connectivity index (χ3n) is 3.71. The molecule has 1 aliphatic carbocycles. The highest BCUT2D eigenvalue weighted by Crippen LogP contribution is 2.40. The highest BCUT2D eigenvalue weighted by atomic mass is 16.5. The molecule has 1 aromatic rings. The standard InChI is InChI=1S/C16H22N2O/c1-3-10-18-16(11-17,14-8-9-14)12-19-15-7-5-4-6-13(15)2/h4-7,14,18H,3,8-10,12H2,1-2H3. The third kappa shape index (κ3) is 3.27. The predicted octanol–water partition coefficient (Wildman–Crippen LogP) is 3.05. The van der Waals surface area contributed by atoms with E-state index in [1.807, 2.05) is 31.2 Å². The maximum atomic E-state index is 9.57. The maximum absolute atomic E-state index is 9.57. The minimum atomic E-state index is -0.516. The molecule has 1 atom stereocenters. The number of nitrogens with zero attached hydrogens (tertiary/aromatic N) is 1. The van der Waals surface area contributed by atoms with E-state index in [0.717, 1.165) is 37.1 Å². The molecule has 0 spiro atoms. The molecule has 3 heteroatoms. The van der Waals surface area contributed by atoms with E-state index in [2.05, 4.69) is 18.3 Å². The lowest BCUT2D eigenvalue weighted by Gasteiger charge is -2.28. The highest BCUT2D eigenvalue weighted by Gasteiger charge is 2.46. The molecule has 102 valence electrons. The molecule has 1 aromatic carbocycles. The van der Waals surface area contributed by atoms with Crippen LogP contribution in [0.5, 0.6) is 5.75 Å². The first kappa shape index (κ1) is 13.9. The van der Waals surface area contributed by atoms with Gasteiger partial charge in [0.05, 0.1) is 6.07 Å². The fraction of sp³-hybridized carbons (Fsp3) is 0.562. The number of aryl methyl sites for hydroxylation is 1. The Hall–Kier alpha value is -1.53. The van der Waals surface area contributed by atoms with Gasteiger partial charge in [0.2, 0.25) is 0 Å². The zero-order valence-electron chi connectivity index (χ0n) is 11.8. The van der Waals surface area contributed by atoms with Crippen molar-refractivity contribution in [2.75, 3.05) is 13.2 Å². The smallest absolute Gasteiger partial charge is 0.143 e. The summed E-state index contributed by atoms with van der Waals surface area (Å²) >= 11 is 0. The van der Waals surface area contributed by atoms with Crippen molar-refractivity contribution < 1.29 is 4.74 Å². The minimum absolute atomic E-state index is 0.430. The Morgan fingerprint density at radius 3 is 2.74 bits per heavy atom. The number of rotatable bonds is 7. The number of nitrogens with one attached hydrogen (secondary N) is 1. The van der Waals surface area contributed by atoms with Crippen molar-refractivity contribution in [1.29, 1.82) is 5.26 Å². The first-order valence-corrected chi connectivity index (χ1v) is 7.06. The molecule has 19 heavy (non-hydrogen) atoms. The van der Waals surface area contributed by atoms with Crippen molar-refractivity contribution in [3.05, 3.63) is 29.8 Å². The van der Waals surface area contributed by atoms with E-state index in [4.69, 9.17) is 4.74 Å². The lowest BCUT2D eigenvalue weighted by atomic mass is 9.96. The van der Waals surface area contributed by atoms with Crippen LogP contribution in [0, 0.1) is 24.2 Å². The van der Waals surface area contributed by atoms with Crippen molar-refractivity contribution in [3.8, 4) is 11.8 Å². The predicted molar refractivity (Wildman–Crippen MR) is 76.0 cm³/mol. The van der Waals surface area contributed by atoms with Crippen LogP contribution in [0.25, 0.3) is 0 Å². The maximum Gasteiger partial charge on any atom is 0.143 e. The highest BCUT2D eigenvalue weighted by molar-refractivity contribution is 5.32. The monoisotopic (exact) mass is 258 g/mol. The van der Waals surface area contributed by atoms with Gasteiger partial charge in [0.1, 0.15) is 17.9 Å². The Labute approximate surface area is 115 Å². The SMILES string of the molecule is CCCNC(C#N)(COc1ccccc1C)C1CC1. The van der Waals surface area contributed by atoms with Crippen LogP contribution in [-0.2, 0) is 0 Å². The summed E-state index contributed by atoms with van der Waals surface area (Å²) in [7, 11) is 0. The fourth-order valence-electron chi connectivity index (χ4n) is 2.31. The van der Waals surface area contributed by atoms with E-state index in [1.165, 1.54) is 0 Å². The Morgan fingerprint density at radius 1 is 1.42 bits per heavy atom. The van der Waals surface area contributed by atoms with Crippen LogP contribution < -0.4 is 10.1 Å². The van der Waals surface area contributed by atoms with Crippen molar-refractivity contribution in [2.45, 2.75) is 38.6 Å². The van der Waals surface area contributed by atoms with E-state index >= 15 is 0 Å². The van der Waals surface area contributed by atoms with Crippen LogP contribution in [0.3, 0.4) is 0 Å². The molecule has 0 aliphatic heterocycles. The summed E-state index contributed by atoms with van der Waals surface area (Å²) in [5, 5.41) is 13.0. The summed E-state index contributed by atoms with van der Waals surface area (Å²) in [5.41, 5.74) is 0.596. The van der Waals surface area contributed by atoms with Gasteiger partial charge in [-0.1, -0.05) is 25.1 Å². The zero-order valence-corrected chi connectivity index (χ0v) is 11.8. The number of nitriles is 1. The summed E-state index contributed by atoms with van der Waals surface area (Å²) in [6, 6.07) is 10.4. The van der Waals surface area contributed by atoms with Gasteiger partial charge in [0, 0.05) is 0 Å². The summed E-state index contributed by atoms with van der Waals surface area (Å²) in [6.45, 7) is 5.43. The van der Waals surface area contributed by atoms with Crippen LogP contribution in [-0.4, -0.2) is 18.7 Å². The quantitative estimate of drug-likeness (QED) is 0.817. The number of hydrogen-bond acceptors (Lipinski definition) is 3. The molecule has 1 unspecified atom stereocenters. The van der Waals surface area contributed by atoms with Crippen LogP contribution in [0.4, 0.5) is 0 Å². The summed E-state index contributed by atoms with van der Waals surface area (Å²) in [6.07, 6.45) is 3.28. The number of benzene rings is 1. The largest absolute Gasteiger partial charge is 0.490 e. The lowest BCUT2D eigenvalue weighted by Crippen LogP contribution is -2.51. The van der Waals surface area contributed by atoms with Gasteiger partial charge in [-0.2, -0.15) is 5.26 Å². The van der Waals surface area contributed by atoms with Gasteiger partial charge in [-0.25, -0.2) is 0 Å². The fourth-order valence-corrected chi connectivity index (χ4v) is 2.31. The molecule has 0 heterocycles. The third-order valence-corrected chi connectivity index (χ3v) is 3.71. The Kier molecular flexibility index (Phi) is 4.44. The summed E-state index contributed by atoms with van der Waals surface area (Å²) in [5.74, 6) is 1.31. The molecule has 0 radical (unpaired) electrons. The molecule has 2 rings (SSSR count). The average molecular weight is 258 g/mol. The Balaban J connectivity index is 2.04.